The first-order chi connectivity index (χ1) is 10.8. The first kappa shape index (κ1) is 12.9. The van der Waals surface area contributed by atoms with Gasteiger partial charge in [-0.1, -0.05) is 0 Å². The second-order valence-electron chi connectivity index (χ2n) is 4.90. The molecule has 1 aliphatic heterocycles. The van der Waals surface area contributed by atoms with Crippen LogP contribution in [0.25, 0.3) is 22.6 Å². The molecule has 4 heterocycles. The molecule has 112 valence electrons. The number of anilines is 2. The van der Waals surface area contributed by atoms with E-state index in [0.29, 0.717) is 30.2 Å². The predicted molar refractivity (Wildman–Crippen MR) is 80.2 cm³/mol. The molecule has 0 radical (unpaired) electrons. The van der Waals surface area contributed by atoms with Crippen LogP contribution in [0.4, 0.5) is 11.8 Å². The molecule has 4 rings (SSSR count). The smallest absolute Gasteiger partial charge is 0.219 e. The van der Waals surface area contributed by atoms with Gasteiger partial charge in [0.25, 0.3) is 0 Å². The van der Waals surface area contributed by atoms with Crippen molar-refractivity contribution in [3.05, 3.63) is 18.7 Å². The van der Waals surface area contributed by atoms with E-state index < -0.39 is 0 Å². The second-order valence-corrected chi connectivity index (χ2v) is 4.90. The van der Waals surface area contributed by atoms with Gasteiger partial charge in [-0.3, -0.25) is 0 Å². The molecule has 1 saturated heterocycles. The van der Waals surface area contributed by atoms with E-state index in [9.17, 15) is 0 Å². The van der Waals surface area contributed by atoms with Crippen LogP contribution >= 0.6 is 0 Å². The Morgan fingerprint density at radius 1 is 1.09 bits per heavy atom. The van der Waals surface area contributed by atoms with Gasteiger partial charge in [0.2, 0.25) is 5.95 Å². The third-order valence-electron chi connectivity index (χ3n) is 3.51. The molecule has 3 aromatic heterocycles. The van der Waals surface area contributed by atoms with Crippen molar-refractivity contribution in [1.82, 2.24) is 29.9 Å². The van der Waals surface area contributed by atoms with E-state index in [1.807, 2.05) is 0 Å². The number of fused-ring (bicyclic) bond motifs is 1. The first-order valence-corrected chi connectivity index (χ1v) is 6.93. The number of morpholine rings is 1. The van der Waals surface area contributed by atoms with Crippen molar-refractivity contribution in [2.75, 3.05) is 36.9 Å². The maximum Gasteiger partial charge on any atom is 0.219 e. The van der Waals surface area contributed by atoms with E-state index in [0.717, 1.165) is 24.4 Å². The molecule has 0 bridgehead atoms. The highest BCUT2D eigenvalue weighted by atomic mass is 16.5. The number of nitrogens with one attached hydrogen (secondary N) is 1. The van der Waals surface area contributed by atoms with E-state index in [4.69, 9.17) is 10.5 Å². The lowest BCUT2D eigenvalue weighted by Crippen LogP contribution is -2.37. The summed E-state index contributed by atoms with van der Waals surface area (Å²) < 4.78 is 5.40. The van der Waals surface area contributed by atoms with Crippen molar-refractivity contribution >= 4 is 22.9 Å². The lowest BCUT2D eigenvalue weighted by molar-refractivity contribution is 0.122. The van der Waals surface area contributed by atoms with Crippen molar-refractivity contribution < 1.29 is 4.74 Å². The number of nitrogen functional groups attached to an aromatic ring is 1. The SMILES string of the molecule is Nc1ncc(-c2nc(N3CCOCC3)c3[nH]cnc3n2)cn1. The van der Waals surface area contributed by atoms with Crippen molar-refractivity contribution in [3.63, 3.8) is 0 Å². The van der Waals surface area contributed by atoms with Crippen molar-refractivity contribution in [3.8, 4) is 11.4 Å². The van der Waals surface area contributed by atoms with Crippen LogP contribution < -0.4 is 10.6 Å². The summed E-state index contributed by atoms with van der Waals surface area (Å²) >= 11 is 0. The quantitative estimate of drug-likeness (QED) is 0.690. The molecule has 0 aliphatic carbocycles. The Labute approximate surface area is 125 Å². The van der Waals surface area contributed by atoms with Crippen molar-refractivity contribution in [1.29, 1.82) is 0 Å². The fourth-order valence-corrected chi connectivity index (χ4v) is 2.40. The topological polar surface area (TPSA) is 119 Å². The number of nitrogens with two attached hydrogens (primary N) is 1. The van der Waals surface area contributed by atoms with Crippen LogP contribution in [0.15, 0.2) is 18.7 Å². The zero-order valence-electron chi connectivity index (χ0n) is 11.7. The Balaban J connectivity index is 1.84. The maximum atomic E-state index is 5.52. The number of imidazole rings is 1. The van der Waals surface area contributed by atoms with Gasteiger partial charge in [0.05, 0.1) is 25.1 Å². The lowest BCUT2D eigenvalue weighted by atomic mass is 10.3. The highest BCUT2D eigenvalue weighted by molar-refractivity contribution is 5.85. The molecule has 3 aromatic rings. The van der Waals surface area contributed by atoms with Crippen molar-refractivity contribution in [2.45, 2.75) is 0 Å². The Bertz CT molecular complexity index is 793. The number of aromatic nitrogens is 6. The third-order valence-corrected chi connectivity index (χ3v) is 3.51. The molecule has 0 aromatic carbocycles. The zero-order valence-corrected chi connectivity index (χ0v) is 11.7. The molecule has 9 heteroatoms. The zero-order chi connectivity index (χ0) is 14.9. The summed E-state index contributed by atoms with van der Waals surface area (Å²) in [4.78, 5) is 26.6. The summed E-state index contributed by atoms with van der Waals surface area (Å²) in [7, 11) is 0. The molecule has 22 heavy (non-hydrogen) atoms. The van der Waals surface area contributed by atoms with E-state index in [-0.39, 0.29) is 5.95 Å². The minimum absolute atomic E-state index is 0.220. The Morgan fingerprint density at radius 3 is 2.64 bits per heavy atom. The van der Waals surface area contributed by atoms with Gasteiger partial charge in [-0.25, -0.2) is 24.9 Å². The Morgan fingerprint density at radius 2 is 1.86 bits per heavy atom. The van der Waals surface area contributed by atoms with Crippen LogP contribution in [0.1, 0.15) is 0 Å². The Hall–Kier alpha value is -2.81. The molecule has 1 aliphatic rings. The molecule has 0 unspecified atom stereocenters. The largest absolute Gasteiger partial charge is 0.378 e. The standard InChI is InChI=1S/C13H14N8O/c14-13-15-5-8(6-16-13)10-19-11-9(17-7-18-11)12(20-10)21-1-3-22-4-2-21/h5-7H,1-4H2,(H2,14,15,16)(H,17,18,19,20). The summed E-state index contributed by atoms with van der Waals surface area (Å²) in [6.45, 7) is 2.92. The summed E-state index contributed by atoms with van der Waals surface area (Å²) in [5, 5.41) is 0. The van der Waals surface area contributed by atoms with E-state index in [1.165, 1.54) is 0 Å². The average Bonchev–Trinajstić information content (AvgIpc) is 3.04. The third kappa shape index (κ3) is 2.21. The molecular weight excluding hydrogens is 284 g/mol. The van der Waals surface area contributed by atoms with Gasteiger partial charge in [0.1, 0.15) is 5.52 Å². The fourth-order valence-electron chi connectivity index (χ4n) is 2.40. The maximum absolute atomic E-state index is 5.52. The van der Waals surface area contributed by atoms with Gasteiger partial charge in [0.15, 0.2) is 17.3 Å². The Kier molecular flexibility index (Phi) is 3.04. The minimum atomic E-state index is 0.220. The summed E-state index contributed by atoms with van der Waals surface area (Å²) in [6, 6.07) is 0. The van der Waals surface area contributed by atoms with Crippen LogP contribution in [0, 0.1) is 0 Å². The van der Waals surface area contributed by atoms with E-state index in [1.54, 1.807) is 18.7 Å². The number of rotatable bonds is 2. The number of aromatic amines is 1. The molecular formula is C13H14N8O. The summed E-state index contributed by atoms with van der Waals surface area (Å²) in [5.74, 6) is 1.57. The van der Waals surface area contributed by atoms with Gasteiger partial charge >= 0.3 is 0 Å². The molecule has 3 N–H and O–H groups in total. The molecule has 9 nitrogen and oxygen atoms in total. The number of nitrogens with zero attached hydrogens (tertiary/aromatic N) is 6. The van der Waals surface area contributed by atoms with Gasteiger partial charge in [0, 0.05) is 25.5 Å². The average molecular weight is 298 g/mol. The van der Waals surface area contributed by atoms with Gasteiger partial charge in [-0.05, 0) is 0 Å². The highest BCUT2D eigenvalue weighted by Gasteiger charge is 2.19. The van der Waals surface area contributed by atoms with Gasteiger partial charge < -0.3 is 20.4 Å². The fraction of sp³-hybridized carbons (Fsp3) is 0.308. The number of ether oxygens (including phenoxy) is 1. The highest BCUT2D eigenvalue weighted by Crippen LogP contribution is 2.25. The minimum Gasteiger partial charge on any atom is -0.378 e. The molecule has 0 amide bonds. The molecule has 1 fully saturated rings. The van der Waals surface area contributed by atoms with Gasteiger partial charge in [-0.15, -0.1) is 0 Å². The normalized spacial score (nSPS) is 15.4. The molecule has 0 spiro atoms. The molecule has 0 saturated carbocycles. The van der Waals surface area contributed by atoms with Crippen LogP contribution in [0.3, 0.4) is 0 Å². The first-order valence-electron chi connectivity index (χ1n) is 6.93. The summed E-state index contributed by atoms with van der Waals surface area (Å²) in [6.07, 6.45) is 4.84. The lowest BCUT2D eigenvalue weighted by Gasteiger charge is -2.28. The van der Waals surface area contributed by atoms with Crippen LogP contribution in [0.2, 0.25) is 0 Å². The second kappa shape index (κ2) is 5.19. The monoisotopic (exact) mass is 298 g/mol. The summed E-state index contributed by atoms with van der Waals surface area (Å²) in [5.41, 5.74) is 7.66. The number of H-pyrrole nitrogens is 1. The van der Waals surface area contributed by atoms with E-state index >= 15 is 0 Å². The predicted octanol–water partition coefficient (Wildman–Crippen LogP) is 0.229. The van der Waals surface area contributed by atoms with Crippen LogP contribution in [0.5, 0.6) is 0 Å². The van der Waals surface area contributed by atoms with Gasteiger partial charge in [-0.2, -0.15) is 0 Å². The number of hydrogen-bond acceptors (Lipinski definition) is 8. The number of hydrogen-bond donors (Lipinski definition) is 2. The molecule has 0 atom stereocenters. The van der Waals surface area contributed by atoms with Crippen LogP contribution in [-0.2, 0) is 4.74 Å². The van der Waals surface area contributed by atoms with Crippen molar-refractivity contribution in [2.24, 2.45) is 0 Å². The van der Waals surface area contributed by atoms with Crippen LogP contribution in [-0.4, -0.2) is 56.2 Å². The van der Waals surface area contributed by atoms with E-state index in [2.05, 4.69) is 34.8 Å².